The molecule has 0 amide bonds. The number of aliphatic hydroxyl groups is 1. The number of hydrogen-bond acceptors (Lipinski definition) is 9. The van der Waals surface area contributed by atoms with E-state index in [9.17, 15) is 9.90 Å². The Bertz CT molecular complexity index is 1610. The van der Waals surface area contributed by atoms with Crippen molar-refractivity contribution < 1.29 is 24.1 Å². The van der Waals surface area contributed by atoms with Crippen LogP contribution in [-0.4, -0.2) is 46.6 Å². The first-order valence-electron chi connectivity index (χ1n) is 12.1. The topological polar surface area (TPSA) is 94.0 Å². The van der Waals surface area contributed by atoms with Gasteiger partial charge in [-0.2, -0.15) is 8.75 Å². The predicted octanol–water partition coefficient (Wildman–Crippen LogP) is 3.85. The summed E-state index contributed by atoms with van der Waals surface area (Å²) < 4.78 is 25.9. The summed E-state index contributed by atoms with van der Waals surface area (Å²) in [6, 6.07) is 16.9. The molecule has 0 radical (unpaired) electrons. The molecule has 4 heterocycles. The van der Waals surface area contributed by atoms with Gasteiger partial charge in [0, 0.05) is 31.0 Å². The van der Waals surface area contributed by atoms with Crippen molar-refractivity contribution in [1.29, 1.82) is 0 Å². The number of fused-ring (bicyclic) bond motifs is 3. The lowest BCUT2D eigenvalue weighted by molar-refractivity contribution is -0.185. The van der Waals surface area contributed by atoms with Gasteiger partial charge in [-0.3, -0.25) is 0 Å². The molecule has 0 spiro atoms. The zero-order chi connectivity index (χ0) is 25.1. The number of likely N-dealkylation sites (N-methyl/N-ethyl adjacent to an activating group) is 1. The van der Waals surface area contributed by atoms with Crippen LogP contribution in [-0.2, 0) is 28.2 Å². The Balaban J connectivity index is 1.39. The maximum atomic E-state index is 13.4. The SMILES string of the molecule is CN1CCOc2ccc(CC3=C(c4ccc5nsnc5c4)C(=O)OC3(O)c3ccc4c(c3)CCO4)cc21. The molecule has 4 aromatic rings. The van der Waals surface area contributed by atoms with Crippen molar-refractivity contribution in [3.05, 3.63) is 82.4 Å². The molecular weight excluding hydrogens is 490 g/mol. The second-order valence-corrected chi connectivity index (χ2v) is 10.1. The third kappa shape index (κ3) is 3.57. The number of cyclic esters (lactones) is 1. The third-order valence-electron chi connectivity index (χ3n) is 7.28. The molecular formula is C28H23N3O5S. The number of anilines is 1. The lowest BCUT2D eigenvalue weighted by Crippen LogP contribution is -2.30. The van der Waals surface area contributed by atoms with E-state index in [2.05, 4.69) is 13.6 Å². The average Bonchev–Trinajstić information content (AvgIpc) is 3.62. The predicted molar refractivity (Wildman–Crippen MR) is 139 cm³/mol. The Kier molecular flexibility index (Phi) is 4.99. The van der Waals surface area contributed by atoms with Crippen LogP contribution in [0.4, 0.5) is 5.69 Å². The number of carbonyl (C=O) groups excluding carboxylic acids is 1. The smallest absolute Gasteiger partial charge is 0.342 e. The standard InChI is InChI=1S/C28H23N3O5S/c1-31-9-11-35-25-6-2-16(13-23(25)31)12-20-26(18-3-5-21-22(15-18)30-37-29-21)27(32)36-28(20,33)19-4-7-24-17(14-19)8-10-34-24/h2-7,13-15,33H,8-12H2,1H3. The van der Waals surface area contributed by atoms with Crippen LogP contribution < -0.4 is 14.4 Å². The summed E-state index contributed by atoms with van der Waals surface area (Å²) in [5, 5.41) is 12.1. The normalized spacial score (nSPS) is 20.5. The first-order chi connectivity index (χ1) is 18.0. The lowest BCUT2D eigenvalue weighted by atomic mass is 9.87. The Morgan fingerprint density at radius 1 is 1.00 bits per heavy atom. The fraction of sp³-hybridized carbons (Fsp3) is 0.250. The molecule has 0 saturated carbocycles. The minimum absolute atomic E-state index is 0.305. The van der Waals surface area contributed by atoms with E-state index in [4.69, 9.17) is 14.2 Å². The monoisotopic (exact) mass is 513 g/mol. The molecule has 1 unspecified atom stereocenters. The first-order valence-corrected chi connectivity index (χ1v) is 12.9. The molecule has 0 bridgehead atoms. The molecule has 3 aliphatic rings. The molecule has 1 aromatic heterocycles. The van der Waals surface area contributed by atoms with Crippen molar-refractivity contribution in [2.75, 3.05) is 31.7 Å². The van der Waals surface area contributed by atoms with Gasteiger partial charge in [0.2, 0.25) is 0 Å². The number of ether oxygens (including phenoxy) is 3. The average molecular weight is 514 g/mol. The van der Waals surface area contributed by atoms with Gasteiger partial charge in [0.25, 0.3) is 5.79 Å². The van der Waals surface area contributed by atoms with Crippen LogP contribution in [0.15, 0.2) is 60.2 Å². The Hall–Kier alpha value is -3.95. The minimum Gasteiger partial charge on any atom is -0.493 e. The number of carbonyl (C=O) groups is 1. The van der Waals surface area contributed by atoms with Crippen molar-refractivity contribution in [3.8, 4) is 11.5 Å². The number of esters is 1. The highest BCUT2D eigenvalue weighted by Crippen LogP contribution is 2.46. The lowest BCUT2D eigenvalue weighted by Gasteiger charge is -2.29. The maximum Gasteiger partial charge on any atom is 0.342 e. The molecule has 9 heteroatoms. The van der Waals surface area contributed by atoms with Crippen molar-refractivity contribution in [2.45, 2.75) is 18.6 Å². The molecule has 0 saturated heterocycles. The van der Waals surface area contributed by atoms with E-state index in [1.807, 2.05) is 55.6 Å². The molecule has 3 aromatic carbocycles. The van der Waals surface area contributed by atoms with E-state index in [-0.39, 0.29) is 0 Å². The van der Waals surface area contributed by atoms with E-state index >= 15 is 0 Å². The molecule has 186 valence electrons. The van der Waals surface area contributed by atoms with Crippen LogP contribution in [0.1, 0.15) is 22.3 Å². The Morgan fingerprint density at radius 3 is 2.76 bits per heavy atom. The number of aromatic nitrogens is 2. The highest BCUT2D eigenvalue weighted by atomic mass is 32.1. The third-order valence-corrected chi connectivity index (χ3v) is 7.83. The fourth-order valence-electron chi connectivity index (χ4n) is 5.32. The van der Waals surface area contributed by atoms with Crippen LogP contribution in [0, 0.1) is 0 Å². The summed E-state index contributed by atoms with van der Waals surface area (Å²) in [5.74, 6) is -0.880. The van der Waals surface area contributed by atoms with Gasteiger partial charge in [-0.15, -0.1) is 0 Å². The van der Waals surface area contributed by atoms with Crippen LogP contribution in [0.25, 0.3) is 16.6 Å². The molecule has 37 heavy (non-hydrogen) atoms. The van der Waals surface area contributed by atoms with Gasteiger partial charge >= 0.3 is 5.97 Å². The molecule has 0 fully saturated rings. The Morgan fingerprint density at radius 2 is 1.84 bits per heavy atom. The van der Waals surface area contributed by atoms with Crippen LogP contribution in [0.5, 0.6) is 11.5 Å². The minimum atomic E-state index is -1.92. The van der Waals surface area contributed by atoms with E-state index in [1.54, 1.807) is 6.07 Å². The molecule has 1 atom stereocenters. The van der Waals surface area contributed by atoms with Crippen molar-refractivity contribution in [1.82, 2.24) is 8.75 Å². The highest BCUT2D eigenvalue weighted by molar-refractivity contribution is 7.00. The second kappa shape index (κ2) is 8.29. The van der Waals surface area contributed by atoms with Crippen molar-refractivity contribution in [2.24, 2.45) is 0 Å². The van der Waals surface area contributed by atoms with Crippen molar-refractivity contribution >= 4 is 40.0 Å². The molecule has 1 N–H and O–H groups in total. The fourth-order valence-corrected chi connectivity index (χ4v) is 5.84. The van der Waals surface area contributed by atoms with Gasteiger partial charge in [-0.05, 0) is 59.2 Å². The first kappa shape index (κ1) is 22.3. The van der Waals surface area contributed by atoms with Crippen molar-refractivity contribution in [3.63, 3.8) is 0 Å². The summed E-state index contributed by atoms with van der Waals surface area (Å²) in [5.41, 5.74) is 6.31. The molecule has 7 rings (SSSR count). The number of rotatable bonds is 4. The summed E-state index contributed by atoms with van der Waals surface area (Å²) in [6.07, 6.45) is 1.05. The summed E-state index contributed by atoms with van der Waals surface area (Å²) in [7, 11) is 2.03. The number of hydrogen-bond donors (Lipinski definition) is 1. The molecule has 8 nitrogen and oxygen atoms in total. The maximum absolute atomic E-state index is 13.4. The largest absolute Gasteiger partial charge is 0.493 e. The van der Waals surface area contributed by atoms with Gasteiger partial charge in [-0.1, -0.05) is 12.1 Å². The van der Waals surface area contributed by atoms with Gasteiger partial charge in [0.05, 0.1) is 36.1 Å². The summed E-state index contributed by atoms with van der Waals surface area (Å²) in [4.78, 5) is 15.6. The highest BCUT2D eigenvalue weighted by Gasteiger charge is 2.48. The number of nitrogens with zero attached hydrogens (tertiary/aromatic N) is 3. The zero-order valence-electron chi connectivity index (χ0n) is 20.1. The van der Waals surface area contributed by atoms with E-state index in [1.165, 1.54) is 0 Å². The number of benzene rings is 3. The molecule has 3 aliphatic heterocycles. The zero-order valence-corrected chi connectivity index (χ0v) is 20.9. The van der Waals surface area contributed by atoms with E-state index in [0.29, 0.717) is 47.4 Å². The van der Waals surface area contributed by atoms with Gasteiger partial charge in [0.15, 0.2) is 0 Å². The van der Waals surface area contributed by atoms with Gasteiger partial charge < -0.3 is 24.2 Å². The Labute approximate surface area is 217 Å². The van der Waals surface area contributed by atoms with Gasteiger partial charge in [0.1, 0.15) is 29.1 Å². The summed E-state index contributed by atoms with van der Waals surface area (Å²) >= 11 is 1.12. The van der Waals surface area contributed by atoms with Gasteiger partial charge in [-0.25, -0.2) is 4.79 Å². The van der Waals surface area contributed by atoms with Crippen LogP contribution in [0.2, 0.25) is 0 Å². The van der Waals surface area contributed by atoms with E-state index < -0.39 is 11.8 Å². The van der Waals surface area contributed by atoms with Crippen LogP contribution in [0.3, 0.4) is 0 Å². The van der Waals surface area contributed by atoms with E-state index in [0.717, 1.165) is 58.5 Å². The quantitative estimate of drug-likeness (QED) is 0.412. The summed E-state index contributed by atoms with van der Waals surface area (Å²) in [6.45, 7) is 2.02. The molecule has 0 aliphatic carbocycles. The van der Waals surface area contributed by atoms with Crippen LogP contribution >= 0.6 is 11.7 Å². The second-order valence-electron chi connectivity index (χ2n) is 9.52.